The molecule has 1 aromatic carbocycles. The van der Waals surface area contributed by atoms with E-state index in [9.17, 15) is 0 Å². The predicted octanol–water partition coefficient (Wildman–Crippen LogP) is 4.25. The van der Waals surface area contributed by atoms with Crippen LogP contribution in [0.3, 0.4) is 0 Å². The zero-order valence-electron chi connectivity index (χ0n) is 11.6. The van der Waals surface area contributed by atoms with Gasteiger partial charge in [-0.05, 0) is 54.1 Å². The van der Waals surface area contributed by atoms with Crippen molar-refractivity contribution in [3.05, 3.63) is 35.4 Å². The Morgan fingerprint density at radius 2 is 1.67 bits per heavy atom. The van der Waals surface area contributed by atoms with Gasteiger partial charge in [0.05, 0.1) is 0 Å². The molecule has 0 aromatic heterocycles. The standard InChI is InChI=1S/C17H25N/c1-3-11(2)12-7-9-13(10-8-12)17(18)16-14-5-4-6-15(14)16/h7-11,14-17H,3-6,18H2,1-2H3. The van der Waals surface area contributed by atoms with E-state index >= 15 is 0 Å². The van der Waals surface area contributed by atoms with Crippen LogP contribution in [0.2, 0.25) is 0 Å². The van der Waals surface area contributed by atoms with Gasteiger partial charge >= 0.3 is 0 Å². The minimum Gasteiger partial charge on any atom is -0.324 e. The summed E-state index contributed by atoms with van der Waals surface area (Å²) in [6.07, 6.45) is 5.49. The van der Waals surface area contributed by atoms with E-state index < -0.39 is 0 Å². The molecule has 2 N–H and O–H groups in total. The highest BCUT2D eigenvalue weighted by molar-refractivity contribution is 5.29. The molecule has 2 aliphatic carbocycles. The predicted molar refractivity (Wildman–Crippen MR) is 76.4 cm³/mol. The maximum atomic E-state index is 6.45. The van der Waals surface area contributed by atoms with E-state index in [4.69, 9.17) is 5.73 Å². The third kappa shape index (κ3) is 1.99. The van der Waals surface area contributed by atoms with E-state index in [2.05, 4.69) is 38.1 Å². The van der Waals surface area contributed by atoms with E-state index in [0.717, 1.165) is 17.8 Å². The summed E-state index contributed by atoms with van der Waals surface area (Å²) >= 11 is 0. The van der Waals surface area contributed by atoms with Gasteiger partial charge in [0.15, 0.2) is 0 Å². The molecule has 2 aliphatic rings. The van der Waals surface area contributed by atoms with Crippen LogP contribution < -0.4 is 5.73 Å². The van der Waals surface area contributed by atoms with E-state index in [1.807, 2.05) is 0 Å². The SMILES string of the molecule is CCC(C)c1ccc(C(N)C2C3CCCC32)cc1. The summed E-state index contributed by atoms with van der Waals surface area (Å²) in [5, 5.41) is 0. The lowest BCUT2D eigenvalue weighted by Gasteiger charge is -2.16. The van der Waals surface area contributed by atoms with Crippen LogP contribution in [0.4, 0.5) is 0 Å². The molecule has 0 heterocycles. The summed E-state index contributed by atoms with van der Waals surface area (Å²) in [6.45, 7) is 4.54. The van der Waals surface area contributed by atoms with Gasteiger partial charge in [-0.3, -0.25) is 0 Å². The van der Waals surface area contributed by atoms with E-state index in [1.165, 1.54) is 36.8 Å². The van der Waals surface area contributed by atoms with Crippen molar-refractivity contribution in [3.63, 3.8) is 0 Å². The van der Waals surface area contributed by atoms with Crippen LogP contribution in [0.1, 0.15) is 62.6 Å². The first kappa shape index (κ1) is 12.2. The lowest BCUT2D eigenvalue weighted by Crippen LogP contribution is -2.15. The highest BCUT2D eigenvalue weighted by Crippen LogP contribution is 2.61. The first-order chi connectivity index (χ1) is 8.72. The lowest BCUT2D eigenvalue weighted by atomic mass is 9.93. The number of hydrogen-bond acceptors (Lipinski definition) is 1. The van der Waals surface area contributed by atoms with Crippen LogP contribution in [-0.4, -0.2) is 0 Å². The van der Waals surface area contributed by atoms with Crippen molar-refractivity contribution in [2.75, 3.05) is 0 Å². The quantitative estimate of drug-likeness (QED) is 0.840. The fraction of sp³-hybridized carbons (Fsp3) is 0.647. The second kappa shape index (κ2) is 4.70. The average Bonchev–Trinajstić information content (AvgIpc) is 2.89. The van der Waals surface area contributed by atoms with Crippen LogP contribution in [0, 0.1) is 17.8 Å². The average molecular weight is 243 g/mol. The number of benzene rings is 1. The van der Waals surface area contributed by atoms with Gasteiger partial charge in [0.25, 0.3) is 0 Å². The Balaban J connectivity index is 1.69. The number of rotatable bonds is 4. The van der Waals surface area contributed by atoms with Crippen molar-refractivity contribution >= 4 is 0 Å². The molecule has 0 radical (unpaired) electrons. The van der Waals surface area contributed by atoms with Crippen molar-refractivity contribution in [1.29, 1.82) is 0 Å². The highest BCUT2D eigenvalue weighted by Gasteiger charge is 2.55. The van der Waals surface area contributed by atoms with Gasteiger partial charge < -0.3 is 5.73 Å². The van der Waals surface area contributed by atoms with Gasteiger partial charge in [0.2, 0.25) is 0 Å². The Kier molecular flexibility index (Phi) is 3.19. The van der Waals surface area contributed by atoms with E-state index in [1.54, 1.807) is 0 Å². The van der Waals surface area contributed by atoms with Crippen LogP contribution >= 0.6 is 0 Å². The first-order valence-electron chi connectivity index (χ1n) is 7.57. The molecule has 3 rings (SSSR count). The monoisotopic (exact) mass is 243 g/mol. The molecule has 2 saturated carbocycles. The van der Waals surface area contributed by atoms with E-state index in [-0.39, 0.29) is 6.04 Å². The zero-order valence-corrected chi connectivity index (χ0v) is 11.6. The third-order valence-electron chi connectivity index (χ3n) is 5.39. The van der Waals surface area contributed by atoms with Crippen molar-refractivity contribution in [1.82, 2.24) is 0 Å². The van der Waals surface area contributed by atoms with Crippen molar-refractivity contribution < 1.29 is 0 Å². The molecular weight excluding hydrogens is 218 g/mol. The molecule has 0 bridgehead atoms. The molecular formula is C17H25N. The minimum absolute atomic E-state index is 0.284. The molecule has 2 fully saturated rings. The van der Waals surface area contributed by atoms with Crippen LogP contribution in [0.25, 0.3) is 0 Å². The van der Waals surface area contributed by atoms with Crippen molar-refractivity contribution in [2.24, 2.45) is 23.5 Å². The van der Waals surface area contributed by atoms with Crippen molar-refractivity contribution in [2.45, 2.75) is 51.5 Å². The Morgan fingerprint density at radius 1 is 1.11 bits per heavy atom. The maximum Gasteiger partial charge on any atom is 0.0329 e. The van der Waals surface area contributed by atoms with Crippen molar-refractivity contribution in [3.8, 4) is 0 Å². The summed E-state index contributed by atoms with van der Waals surface area (Å²) in [5.74, 6) is 3.35. The molecule has 1 heteroatoms. The van der Waals surface area contributed by atoms with Gasteiger partial charge in [0.1, 0.15) is 0 Å². The second-order valence-corrected chi connectivity index (χ2v) is 6.34. The van der Waals surface area contributed by atoms with Crippen LogP contribution in [-0.2, 0) is 0 Å². The normalized spacial score (nSPS) is 32.9. The third-order valence-corrected chi connectivity index (χ3v) is 5.39. The van der Waals surface area contributed by atoms with Gasteiger partial charge in [-0.1, -0.05) is 44.5 Å². The fourth-order valence-electron chi connectivity index (χ4n) is 3.91. The highest BCUT2D eigenvalue weighted by atomic mass is 14.7. The molecule has 0 spiro atoms. The molecule has 98 valence electrons. The molecule has 18 heavy (non-hydrogen) atoms. The first-order valence-corrected chi connectivity index (χ1v) is 7.57. The zero-order chi connectivity index (χ0) is 12.7. The van der Waals surface area contributed by atoms with Gasteiger partial charge in [0, 0.05) is 6.04 Å². The molecule has 0 amide bonds. The number of hydrogen-bond donors (Lipinski definition) is 1. The molecule has 4 atom stereocenters. The Morgan fingerprint density at radius 3 is 2.22 bits per heavy atom. The lowest BCUT2D eigenvalue weighted by molar-refractivity contribution is 0.501. The van der Waals surface area contributed by atoms with Crippen LogP contribution in [0.15, 0.2) is 24.3 Å². The summed E-state index contributed by atoms with van der Waals surface area (Å²) in [4.78, 5) is 0. The van der Waals surface area contributed by atoms with Gasteiger partial charge in [-0.25, -0.2) is 0 Å². The molecule has 0 aliphatic heterocycles. The maximum absolute atomic E-state index is 6.45. The Labute approximate surface area is 111 Å². The number of nitrogens with two attached hydrogens (primary N) is 1. The summed E-state index contributed by atoms with van der Waals surface area (Å²) in [6, 6.07) is 9.37. The molecule has 0 saturated heterocycles. The fourth-order valence-corrected chi connectivity index (χ4v) is 3.91. The topological polar surface area (TPSA) is 26.0 Å². The van der Waals surface area contributed by atoms with E-state index in [0.29, 0.717) is 5.92 Å². The Hall–Kier alpha value is -0.820. The second-order valence-electron chi connectivity index (χ2n) is 6.34. The summed E-state index contributed by atoms with van der Waals surface area (Å²) < 4.78 is 0. The Bertz CT molecular complexity index is 398. The number of fused-ring (bicyclic) bond motifs is 1. The summed E-state index contributed by atoms with van der Waals surface area (Å²) in [7, 11) is 0. The molecule has 1 aromatic rings. The molecule has 4 unspecified atom stereocenters. The smallest absolute Gasteiger partial charge is 0.0329 e. The minimum atomic E-state index is 0.284. The van der Waals surface area contributed by atoms with Gasteiger partial charge in [-0.15, -0.1) is 0 Å². The summed E-state index contributed by atoms with van der Waals surface area (Å²) in [5.41, 5.74) is 9.25. The largest absolute Gasteiger partial charge is 0.324 e. The van der Waals surface area contributed by atoms with Crippen LogP contribution in [0.5, 0.6) is 0 Å². The molecule has 1 nitrogen and oxygen atoms in total. The van der Waals surface area contributed by atoms with Gasteiger partial charge in [-0.2, -0.15) is 0 Å².